The molecule has 0 amide bonds. The van der Waals surface area contributed by atoms with Crippen LogP contribution in [0.15, 0.2) is 6.20 Å². The molecule has 2 fully saturated rings. The number of pyridine rings is 1. The summed E-state index contributed by atoms with van der Waals surface area (Å²) in [4.78, 5) is 3.84. The molecule has 2 aliphatic heterocycles. The van der Waals surface area contributed by atoms with Gasteiger partial charge in [0.1, 0.15) is 55.1 Å². The van der Waals surface area contributed by atoms with Crippen LogP contribution in [0.25, 0.3) is 0 Å². The van der Waals surface area contributed by atoms with E-state index >= 15 is 0 Å². The fraction of sp³-hybridized carbons (Fsp3) is 0.750. The van der Waals surface area contributed by atoms with Gasteiger partial charge in [0.25, 0.3) is 0 Å². The van der Waals surface area contributed by atoms with Crippen molar-refractivity contribution in [2.45, 2.75) is 74.9 Å². The van der Waals surface area contributed by atoms with Crippen LogP contribution >= 0.6 is 0 Å². The highest BCUT2D eigenvalue weighted by atomic mass is 16.8. The maximum atomic E-state index is 10.00. The standard InChI is InChI=1S/C12H22O11.C8H11NO3/c13-1-4-6(16)8(18)9(19)11(21-4)23-12(3-15)10(20)7(17)5(2-14)22-12;1-5-8(12)7(4-11)6(3-10)2-9-5/h4-11,13-20H,1-3H2;2,10-12H,3-4H2,1H3/t4-,5-,6-,7-,8+,9-,10+,11-,12+;/m1./s1. The van der Waals surface area contributed by atoms with Crippen molar-refractivity contribution in [3.63, 3.8) is 0 Å². The lowest BCUT2D eigenvalue weighted by Crippen LogP contribution is -2.62. The Morgan fingerprint density at radius 2 is 1.51 bits per heavy atom. The monoisotopic (exact) mass is 511 g/mol. The molecule has 35 heavy (non-hydrogen) atoms. The van der Waals surface area contributed by atoms with E-state index in [-0.39, 0.29) is 19.0 Å². The topological polar surface area (TPSA) is 263 Å². The molecular weight excluding hydrogens is 478 g/mol. The van der Waals surface area contributed by atoms with Gasteiger partial charge in [-0.3, -0.25) is 4.98 Å². The summed E-state index contributed by atoms with van der Waals surface area (Å²) in [7, 11) is 0. The molecule has 0 spiro atoms. The number of nitrogens with zero attached hydrogens (tertiary/aromatic N) is 1. The highest BCUT2D eigenvalue weighted by Crippen LogP contribution is 2.35. The summed E-state index contributed by atoms with van der Waals surface area (Å²) in [5, 5.41) is 104. The molecule has 0 unspecified atom stereocenters. The highest BCUT2D eigenvalue weighted by molar-refractivity contribution is 5.39. The lowest BCUT2D eigenvalue weighted by molar-refractivity contribution is -0.383. The Balaban J connectivity index is 0.000000303. The van der Waals surface area contributed by atoms with Gasteiger partial charge in [0.2, 0.25) is 5.79 Å². The molecule has 3 rings (SSSR count). The van der Waals surface area contributed by atoms with E-state index in [1.165, 1.54) is 6.20 Å². The number of hydrogen-bond donors (Lipinski definition) is 11. The van der Waals surface area contributed by atoms with E-state index in [9.17, 15) is 35.7 Å². The van der Waals surface area contributed by atoms with Crippen molar-refractivity contribution >= 4 is 0 Å². The number of aromatic nitrogens is 1. The van der Waals surface area contributed by atoms with Gasteiger partial charge < -0.3 is 70.4 Å². The van der Waals surface area contributed by atoms with Crippen LogP contribution in [0, 0.1) is 6.92 Å². The van der Waals surface area contributed by atoms with Crippen molar-refractivity contribution in [2.24, 2.45) is 0 Å². The third-order valence-electron chi connectivity index (χ3n) is 5.83. The first kappa shape index (κ1) is 29.7. The highest BCUT2D eigenvalue weighted by Gasteiger charge is 2.58. The van der Waals surface area contributed by atoms with Crippen molar-refractivity contribution in [3.05, 3.63) is 23.0 Å². The number of ether oxygens (including phenoxy) is 3. The lowest BCUT2D eigenvalue weighted by Gasteiger charge is -2.43. The Kier molecular flexibility index (Phi) is 10.7. The molecule has 11 N–H and O–H groups in total. The molecule has 15 heteroatoms. The SMILES string of the molecule is Cc1ncc(CO)c(CO)c1O.OC[C@H]1O[C@@](CO)(O[C@H]2O[C@H](CO)[C@@H](O)[C@H](O)[C@H]2O)[C@@H](O)[C@@H]1O. The maximum absolute atomic E-state index is 10.00. The average Bonchev–Trinajstić information content (AvgIpc) is 3.11. The fourth-order valence-corrected chi connectivity index (χ4v) is 3.63. The molecule has 2 saturated heterocycles. The van der Waals surface area contributed by atoms with Crippen LogP contribution in [0.5, 0.6) is 5.75 Å². The second-order valence-electron chi connectivity index (χ2n) is 8.07. The number of aryl methyl sites for hydroxylation is 1. The van der Waals surface area contributed by atoms with Crippen molar-refractivity contribution in [1.82, 2.24) is 4.98 Å². The zero-order chi connectivity index (χ0) is 26.5. The van der Waals surface area contributed by atoms with Gasteiger partial charge in [0.05, 0.1) is 32.1 Å². The molecule has 0 saturated carbocycles. The molecule has 202 valence electrons. The zero-order valence-electron chi connectivity index (χ0n) is 18.8. The van der Waals surface area contributed by atoms with Crippen molar-refractivity contribution < 1.29 is 70.4 Å². The molecule has 3 heterocycles. The van der Waals surface area contributed by atoms with Gasteiger partial charge in [-0.05, 0) is 6.92 Å². The van der Waals surface area contributed by atoms with E-state index in [1.54, 1.807) is 6.92 Å². The van der Waals surface area contributed by atoms with Gasteiger partial charge in [-0.1, -0.05) is 0 Å². The van der Waals surface area contributed by atoms with E-state index in [0.717, 1.165) is 0 Å². The van der Waals surface area contributed by atoms with E-state index < -0.39 is 74.6 Å². The molecule has 9 atom stereocenters. The van der Waals surface area contributed by atoms with Crippen LogP contribution in [0.3, 0.4) is 0 Å². The Labute approximate surface area is 199 Å². The van der Waals surface area contributed by atoms with Crippen LogP contribution in [0.4, 0.5) is 0 Å². The van der Waals surface area contributed by atoms with Crippen LogP contribution in [-0.2, 0) is 27.4 Å². The second kappa shape index (κ2) is 12.6. The Morgan fingerprint density at radius 1 is 0.886 bits per heavy atom. The summed E-state index contributed by atoms with van der Waals surface area (Å²) < 4.78 is 15.4. The smallest absolute Gasteiger partial charge is 0.224 e. The van der Waals surface area contributed by atoms with E-state index in [2.05, 4.69) is 4.98 Å². The Hall–Kier alpha value is -1.57. The zero-order valence-corrected chi connectivity index (χ0v) is 18.8. The van der Waals surface area contributed by atoms with Gasteiger partial charge in [0, 0.05) is 17.3 Å². The molecular formula is C20H33NO14. The maximum Gasteiger partial charge on any atom is 0.224 e. The molecule has 0 bridgehead atoms. The van der Waals surface area contributed by atoms with Gasteiger partial charge >= 0.3 is 0 Å². The fourth-order valence-electron chi connectivity index (χ4n) is 3.63. The summed E-state index contributed by atoms with van der Waals surface area (Å²) >= 11 is 0. The van der Waals surface area contributed by atoms with Crippen LogP contribution in [0.2, 0.25) is 0 Å². The molecule has 15 nitrogen and oxygen atoms in total. The average molecular weight is 511 g/mol. The quantitative estimate of drug-likeness (QED) is 0.163. The van der Waals surface area contributed by atoms with Gasteiger partial charge in [-0.15, -0.1) is 0 Å². The largest absolute Gasteiger partial charge is 0.506 e. The minimum absolute atomic E-state index is 0.0379. The lowest BCUT2D eigenvalue weighted by atomic mass is 9.99. The number of aliphatic hydroxyl groups is 10. The minimum Gasteiger partial charge on any atom is -0.506 e. The van der Waals surface area contributed by atoms with E-state index in [4.69, 9.17) is 34.6 Å². The van der Waals surface area contributed by atoms with Crippen molar-refractivity contribution in [2.75, 3.05) is 19.8 Å². The molecule has 0 aromatic carbocycles. The summed E-state index contributed by atoms with van der Waals surface area (Å²) in [6, 6.07) is 0. The molecule has 0 aliphatic carbocycles. The van der Waals surface area contributed by atoms with E-state index in [1.807, 2.05) is 0 Å². The first-order chi connectivity index (χ1) is 16.5. The molecule has 1 aromatic heterocycles. The second-order valence-corrected chi connectivity index (χ2v) is 8.07. The predicted molar refractivity (Wildman–Crippen MR) is 111 cm³/mol. The Bertz CT molecular complexity index is 812. The van der Waals surface area contributed by atoms with Gasteiger partial charge in [-0.2, -0.15) is 0 Å². The van der Waals surface area contributed by atoms with Crippen LogP contribution in [0.1, 0.15) is 16.8 Å². The number of rotatable bonds is 7. The number of aromatic hydroxyl groups is 1. The van der Waals surface area contributed by atoms with Crippen molar-refractivity contribution in [1.29, 1.82) is 0 Å². The summed E-state index contributed by atoms with van der Waals surface area (Å²) in [5.74, 6) is -2.26. The first-order valence-corrected chi connectivity index (χ1v) is 10.6. The minimum atomic E-state index is -2.22. The molecule has 0 radical (unpaired) electrons. The number of hydrogen-bond acceptors (Lipinski definition) is 15. The van der Waals surface area contributed by atoms with E-state index in [0.29, 0.717) is 16.8 Å². The number of aliphatic hydroxyl groups excluding tert-OH is 10. The predicted octanol–water partition coefficient (Wildman–Crippen LogP) is -5.32. The summed E-state index contributed by atoms with van der Waals surface area (Å²) in [5.41, 5.74) is 1.27. The first-order valence-electron chi connectivity index (χ1n) is 10.6. The third kappa shape index (κ3) is 6.05. The van der Waals surface area contributed by atoms with Crippen molar-refractivity contribution in [3.8, 4) is 5.75 Å². The Morgan fingerprint density at radius 3 is 2.00 bits per heavy atom. The third-order valence-corrected chi connectivity index (χ3v) is 5.83. The van der Waals surface area contributed by atoms with Crippen LogP contribution < -0.4 is 0 Å². The van der Waals surface area contributed by atoms with Crippen LogP contribution in [-0.4, -0.2) is 136 Å². The molecule has 2 aliphatic rings. The van der Waals surface area contributed by atoms with Gasteiger partial charge in [0.15, 0.2) is 6.29 Å². The summed E-state index contributed by atoms with van der Waals surface area (Å²) in [6.45, 7) is -1.20. The molecule has 1 aromatic rings. The summed E-state index contributed by atoms with van der Waals surface area (Å²) in [6.07, 6.45) is -11.2. The van der Waals surface area contributed by atoms with Gasteiger partial charge in [-0.25, -0.2) is 0 Å². The normalized spacial score (nSPS) is 37.1.